The third-order valence-electron chi connectivity index (χ3n) is 2.01. The Morgan fingerprint density at radius 2 is 2.28 bits per heavy atom. The minimum Gasteiger partial charge on any atom is -0.442 e. The van der Waals surface area contributed by atoms with Gasteiger partial charge in [-0.05, 0) is 20.8 Å². The summed E-state index contributed by atoms with van der Waals surface area (Å²) in [5.41, 5.74) is 0.167. The van der Waals surface area contributed by atoms with Crippen LogP contribution in [0.25, 0.3) is 0 Å². The second-order valence-corrected chi connectivity index (χ2v) is 4.86. The van der Waals surface area contributed by atoms with Crippen LogP contribution in [0, 0.1) is 5.41 Å². The topological polar surface area (TPSA) is 66.2 Å². The Hall–Kier alpha value is -1.69. The molecule has 0 amide bonds. The monoisotopic (exact) mass is 253 g/mol. The van der Waals surface area contributed by atoms with Gasteiger partial charge in [0.05, 0.1) is 24.8 Å². The Bertz CT molecular complexity index is 407. The summed E-state index contributed by atoms with van der Waals surface area (Å²) in [6.07, 6.45) is 3.34. The van der Waals surface area contributed by atoms with Crippen LogP contribution >= 0.6 is 0 Å². The van der Waals surface area contributed by atoms with E-state index in [0.717, 1.165) is 0 Å². The highest BCUT2D eigenvalue weighted by atomic mass is 16.5. The Morgan fingerprint density at radius 1 is 1.56 bits per heavy atom. The van der Waals surface area contributed by atoms with E-state index >= 15 is 0 Å². The third kappa shape index (κ3) is 4.67. The zero-order valence-electron chi connectivity index (χ0n) is 11.0. The zero-order valence-corrected chi connectivity index (χ0v) is 11.0. The van der Waals surface area contributed by atoms with Crippen molar-refractivity contribution in [3.63, 3.8) is 0 Å². The summed E-state index contributed by atoms with van der Waals surface area (Å²) in [6, 6.07) is 0. The van der Waals surface area contributed by atoms with Gasteiger partial charge in [-0.1, -0.05) is 11.3 Å². The van der Waals surface area contributed by atoms with E-state index in [2.05, 4.69) is 16.9 Å². The number of hydrogen-bond donors (Lipinski definition) is 0. The highest BCUT2D eigenvalue weighted by molar-refractivity contribution is 5.75. The molecule has 0 radical (unpaired) electrons. The molecule has 1 aromatic heterocycles. The summed E-state index contributed by atoms with van der Waals surface area (Å²) < 4.78 is 11.8. The number of hydrogen-bond acceptors (Lipinski definition) is 5. The fourth-order valence-corrected chi connectivity index (χ4v) is 1.06. The summed E-state index contributed by atoms with van der Waals surface area (Å²) in [5.74, 6) is -0.276. The zero-order chi connectivity index (χ0) is 13.6. The van der Waals surface area contributed by atoms with Crippen LogP contribution in [0.1, 0.15) is 26.5 Å². The van der Waals surface area contributed by atoms with Crippen LogP contribution in [-0.4, -0.2) is 27.6 Å². The lowest BCUT2D eigenvalue weighted by Gasteiger charge is -2.15. The molecule has 1 rings (SSSR count). The van der Waals surface area contributed by atoms with Gasteiger partial charge in [0, 0.05) is 0 Å². The predicted molar refractivity (Wildman–Crippen MR) is 65.4 cm³/mol. The lowest BCUT2D eigenvalue weighted by Crippen LogP contribution is -2.24. The van der Waals surface area contributed by atoms with Crippen molar-refractivity contribution in [3.8, 4) is 0 Å². The van der Waals surface area contributed by atoms with E-state index in [1.54, 1.807) is 33.0 Å². The molecular weight excluding hydrogens is 234 g/mol. The SMILES string of the molecule is C=CCOCc1cn(COC(=O)C(C)(C)C)nn1. The van der Waals surface area contributed by atoms with Crippen LogP contribution in [0.2, 0.25) is 0 Å². The third-order valence-corrected chi connectivity index (χ3v) is 2.01. The number of nitrogens with zero attached hydrogens (tertiary/aromatic N) is 3. The second kappa shape index (κ2) is 6.30. The van der Waals surface area contributed by atoms with Crippen LogP contribution in [0.4, 0.5) is 0 Å². The minimum atomic E-state index is -0.517. The summed E-state index contributed by atoms with van der Waals surface area (Å²) in [6.45, 7) is 9.82. The molecule has 1 heterocycles. The van der Waals surface area contributed by atoms with Gasteiger partial charge in [-0.3, -0.25) is 4.79 Å². The molecular formula is C12H19N3O3. The number of carbonyl (C=O) groups is 1. The van der Waals surface area contributed by atoms with Gasteiger partial charge in [0.1, 0.15) is 5.69 Å². The molecule has 0 N–H and O–H groups in total. The standard InChI is InChI=1S/C12H19N3O3/c1-5-6-17-8-10-7-15(14-13-10)9-18-11(16)12(2,3)4/h5,7H,1,6,8-9H2,2-4H3. The highest BCUT2D eigenvalue weighted by Gasteiger charge is 2.23. The first-order valence-corrected chi connectivity index (χ1v) is 5.68. The highest BCUT2D eigenvalue weighted by Crippen LogP contribution is 2.15. The molecule has 0 aliphatic heterocycles. The molecule has 0 aliphatic rings. The summed E-state index contributed by atoms with van der Waals surface area (Å²) in [7, 11) is 0. The average molecular weight is 253 g/mol. The Balaban J connectivity index is 2.40. The maximum atomic E-state index is 11.5. The molecule has 0 saturated carbocycles. The first-order chi connectivity index (χ1) is 8.43. The molecule has 6 heteroatoms. The van der Waals surface area contributed by atoms with Crippen molar-refractivity contribution in [3.05, 3.63) is 24.5 Å². The van der Waals surface area contributed by atoms with Gasteiger partial charge in [-0.15, -0.1) is 11.7 Å². The van der Waals surface area contributed by atoms with E-state index in [1.165, 1.54) is 4.68 Å². The maximum absolute atomic E-state index is 11.5. The summed E-state index contributed by atoms with van der Waals surface area (Å²) in [5, 5.41) is 7.72. The van der Waals surface area contributed by atoms with Crippen molar-refractivity contribution in [2.45, 2.75) is 34.1 Å². The lowest BCUT2D eigenvalue weighted by atomic mass is 9.98. The normalized spacial score (nSPS) is 11.3. The number of esters is 1. The van der Waals surface area contributed by atoms with Crippen molar-refractivity contribution in [1.29, 1.82) is 0 Å². The molecule has 0 aromatic carbocycles. The Morgan fingerprint density at radius 3 is 2.89 bits per heavy atom. The van der Waals surface area contributed by atoms with Gasteiger partial charge in [0.2, 0.25) is 0 Å². The second-order valence-electron chi connectivity index (χ2n) is 4.86. The molecule has 0 unspecified atom stereocenters. The molecule has 100 valence electrons. The number of aromatic nitrogens is 3. The van der Waals surface area contributed by atoms with E-state index in [-0.39, 0.29) is 12.7 Å². The molecule has 0 aliphatic carbocycles. The van der Waals surface area contributed by atoms with Gasteiger partial charge in [-0.2, -0.15) is 0 Å². The van der Waals surface area contributed by atoms with Gasteiger partial charge in [0.15, 0.2) is 6.73 Å². The van der Waals surface area contributed by atoms with E-state index in [4.69, 9.17) is 9.47 Å². The fraction of sp³-hybridized carbons (Fsp3) is 0.583. The van der Waals surface area contributed by atoms with E-state index in [1.807, 2.05) is 0 Å². The smallest absolute Gasteiger partial charge is 0.313 e. The van der Waals surface area contributed by atoms with Gasteiger partial charge in [0.25, 0.3) is 0 Å². The van der Waals surface area contributed by atoms with Gasteiger partial charge in [-0.25, -0.2) is 4.68 Å². The number of ether oxygens (including phenoxy) is 2. The molecule has 0 saturated heterocycles. The largest absolute Gasteiger partial charge is 0.442 e. The number of carbonyl (C=O) groups excluding carboxylic acids is 1. The van der Waals surface area contributed by atoms with Crippen LogP contribution in [0.15, 0.2) is 18.9 Å². The van der Waals surface area contributed by atoms with Crippen LogP contribution in [0.3, 0.4) is 0 Å². The lowest BCUT2D eigenvalue weighted by molar-refractivity contribution is -0.157. The predicted octanol–water partition coefficient (Wildman–Crippen LogP) is 1.53. The molecule has 0 atom stereocenters. The van der Waals surface area contributed by atoms with Crippen LogP contribution in [0.5, 0.6) is 0 Å². The summed E-state index contributed by atoms with van der Waals surface area (Å²) >= 11 is 0. The van der Waals surface area contributed by atoms with Crippen molar-refractivity contribution in [2.75, 3.05) is 6.61 Å². The molecule has 6 nitrogen and oxygen atoms in total. The van der Waals surface area contributed by atoms with E-state index in [9.17, 15) is 4.79 Å². The maximum Gasteiger partial charge on any atom is 0.313 e. The van der Waals surface area contributed by atoms with Crippen molar-refractivity contribution in [1.82, 2.24) is 15.0 Å². The van der Waals surface area contributed by atoms with Crippen LogP contribution in [-0.2, 0) is 27.6 Å². The minimum absolute atomic E-state index is 0.0601. The van der Waals surface area contributed by atoms with E-state index in [0.29, 0.717) is 18.9 Å². The Labute approximate surface area is 107 Å². The van der Waals surface area contributed by atoms with E-state index < -0.39 is 5.41 Å². The van der Waals surface area contributed by atoms with Crippen molar-refractivity contribution >= 4 is 5.97 Å². The van der Waals surface area contributed by atoms with Gasteiger partial charge >= 0.3 is 5.97 Å². The average Bonchev–Trinajstić information content (AvgIpc) is 2.73. The quantitative estimate of drug-likeness (QED) is 0.437. The molecule has 18 heavy (non-hydrogen) atoms. The molecule has 0 spiro atoms. The van der Waals surface area contributed by atoms with Gasteiger partial charge < -0.3 is 9.47 Å². The van der Waals surface area contributed by atoms with Crippen LogP contribution < -0.4 is 0 Å². The van der Waals surface area contributed by atoms with Crippen molar-refractivity contribution in [2.24, 2.45) is 5.41 Å². The summed E-state index contributed by atoms with van der Waals surface area (Å²) in [4.78, 5) is 11.5. The first kappa shape index (κ1) is 14.4. The number of rotatable bonds is 6. The first-order valence-electron chi connectivity index (χ1n) is 5.68. The van der Waals surface area contributed by atoms with Crippen molar-refractivity contribution < 1.29 is 14.3 Å². The molecule has 0 fully saturated rings. The fourth-order valence-electron chi connectivity index (χ4n) is 1.06. The molecule has 0 bridgehead atoms. The molecule has 1 aromatic rings. The Kier molecular flexibility index (Phi) is 5.03.